The predicted molar refractivity (Wildman–Crippen MR) is 120 cm³/mol. The van der Waals surface area contributed by atoms with Crippen molar-refractivity contribution in [3.05, 3.63) is 69.0 Å². The van der Waals surface area contributed by atoms with Crippen LogP contribution in [0.3, 0.4) is 0 Å². The number of para-hydroxylation sites is 1. The summed E-state index contributed by atoms with van der Waals surface area (Å²) in [7, 11) is 0. The Morgan fingerprint density at radius 1 is 1.19 bits per heavy atom. The van der Waals surface area contributed by atoms with Gasteiger partial charge in [-0.2, -0.15) is 4.99 Å². The molecule has 32 heavy (non-hydrogen) atoms. The summed E-state index contributed by atoms with van der Waals surface area (Å²) in [5, 5.41) is 10.9. The monoisotopic (exact) mass is 455 g/mol. The van der Waals surface area contributed by atoms with Crippen LogP contribution in [0.1, 0.15) is 19.4 Å². The number of non-ortho nitro benzene ring substituents is 1. The zero-order valence-electron chi connectivity index (χ0n) is 17.5. The number of carbonyl (C=O) groups excluding carboxylic acids is 2. The van der Waals surface area contributed by atoms with Crippen LogP contribution in [-0.2, 0) is 20.9 Å². The molecule has 0 bridgehead atoms. The Bertz CT molecular complexity index is 1260. The van der Waals surface area contributed by atoms with Gasteiger partial charge in [0.25, 0.3) is 11.6 Å². The van der Waals surface area contributed by atoms with E-state index in [0.29, 0.717) is 28.2 Å². The maximum atomic E-state index is 12.5. The number of hydrogen-bond donors (Lipinski definition) is 0. The van der Waals surface area contributed by atoms with Crippen molar-refractivity contribution >= 4 is 45.2 Å². The van der Waals surface area contributed by atoms with E-state index in [1.165, 1.54) is 41.7 Å². The predicted octanol–water partition coefficient (Wildman–Crippen LogP) is 3.71. The summed E-state index contributed by atoms with van der Waals surface area (Å²) in [5.41, 5.74) is 1.08. The van der Waals surface area contributed by atoms with Crippen LogP contribution in [-0.4, -0.2) is 34.6 Å². The molecule has 3 rings (SSSR count). The van der Waals surface area contributed by atoms with Crippen molar-refractivity contribution in [2.45, 2.75) is 20.4 Å². The van der Waals surface area contributed by atoms with Gasteiger partial charge in [-0.1, -0.05) is 29.5 Å². The summed E-state index contributed by atoms with van der Waals surface area (Å²) in [5.74, 6) is -0.454. The van der Waals surface area contributed by atoms with Crippen LogP contribution in [0.2, 0.25) is 0 Å². The van der Waals surface area contributed by atoms with Gasteiger partial charge < -0.3 is 14.0 Å². The topological polar surface area (TPSA) is 113 Å². The summed E-state index contributed by atoms with van der Waals surface area (Å²) in [6, 6.07) is 11.4. The third-order valence-electron chi connectivity index (χ3n) is 4.26. The number of fused-ring (bicyclic) bond motifs is 1. The molecular weight excluding hydrogens is 434 g/mol. The van der Waals surface area contributed by atoms with Crippen LogP contribution in [0, 0.1) is 10.1 Å². The van der Waals surface area contributed by atoms with E-state index >= 15 is 0 Å². The number of nitrogens with zero attached hydrogens (tertiary/aromatic N) is 3. The minimum atomic E-state index is -0.571. The summed E-state index contributed by atoms with van der Waals surface area (Å²) in [6.45, 7) is 4.11. The largest absolute Gasteiger partial charge is 0.492 e. The first-order valence-corrected chi connectivity index (χ1v) is 10.7. The van der Waals surface area contributed by atoms with E-state index in [-0.39, 0.29) is 18.8 Å². The molecule has 0 aliphatic heterocycles. The van der Waals surface area contributed by atoms with E-state index in [4.69, 9.17) is 9.47 Å². The lowest BCUT2D eigenvalue weighted by Gasteiger charge is -2.09. The number of hydrogen-bond acceptors (Lipinski definition) is 7. The number of nitro groups is 1. The highest BCUT2D eigenvalue weighted by Gasteiger charge is 2.15. The molecule has 0 fully saturated rings. The van der Waals surface area contributed by atoms with Crippen molar-refractivity contribution in [2.75, 3.05) is 13.2 Å². The Labute approximate surface area is 187 Å². The zero-order valence-corrected chi connectivity index (χ0v) is 18.3. The first kappa shape index (κ1) is 22.9. The van der Waals surface area contributed by atoms with Crippen molar-refractivity contribution in [2.24, 2.45) is 4.99 Å². The second-order valence-electron chi connectivity index (χ2n) is 6.45. The number of aromatic nitrogens is 1. The van der Waals surface area contributed by atoms with Gasteiger partial charge in [0.1, 0.15) is 17.8 Å². The van der Waals surface area contributed by atoms with E-state index in [2.05, 4.69) is 4.99 Å². The lowest BCUT2D eigenvalue weighted by Crippen LogP contribution is -2.23. The quantitative estimate of drug-likeness (QED) is 0.221. The molecule has 0 spiro atoms. The SMILES string of the molecule is CCOC(=O)Cn1c(=NC(=O)/C=C/c2cccc([N+](=O)[O-])c2)sc2cccc(OCC)c21. The van der Waals surface area contributed by atoms with Crippen LogP contribution in [0.4, 0.5) is 5.69 Å². The minimum Gasteiger partial charge on any atom is -0.492 e. The molecule has 10 heteroatoms. The number of rotatable bonds is 8. The molecule has 0 unspecified atom stereocenters. The Kier molecular flexibility index (Phi) is 7.50. The molecule has 1 amide bonds. The average molecular weight is 455 g/mol. The van der Waals surface area contributed by atoms with Crippen LogP contribution in [0.15, 0.2) is 53.5 Å². The van der Waals surface area contributed by atoms with Gasteiger partial charge in [-0.05, 0) is 37.6 Å². The third kappa shape index (κ3) is 5.46. The number of ether oxygens (including phenoxy) is 2. The number of amides is 1. The van der Waals surface area contributed by atoms with Gasteiger partial charge >= 0.3 is 5.97 Å². The second-order valence-corrected chi connectivity index (χ2v) is 7.46. The number of thiazole rings is 1. The molecule has 0 aliphatic rings. The van der Waals surface area contributed by atoms with Crippen LogP contribution in [0.25, 0.3) is 16.3 Å². The van der Waals surface area contributed by atoms with Crippen molar-refractivity contribution in [3.63, 3.8) is 0 Å². The van der Waals surface area contributed by atoms with Crippen LogP contribution < -0.4 is 9.54 Å². The molecule has 3 aromatic rings. The molecule has 0 radical (unpaired) electrons. The normalized spacial score (nSPS) is 11.8. The second kappa shape index (κ2) is 10.5. The number of esters is 1. The van der Waals surface area contributed by atoms with Gasteiger partial charge in [-0.15, -0.1) is 0 Å². The van der Waals surface area contributed by atoms with E-state index in [9.17, 15) is 19.7 Å². The molecular formula is C22H21N3O6S. The Hall–Kier alpha value is -3.79. The van der Waals surface area contributed by atoms with E-state index in [1.54, 1.807) is 23.6 Å². The van der Waals surface area contributed by atoms with Crippen molar-refractivity contribution < 1.29 is 24.0 Å². The molecule has 0 saturated carbocycles. The summed E-state index contributed by atoms with van der Waals surface area (Å²) >= 11 is 1.24. The average Bonchev–Trinajstić information content (AvgIpc) is 3.10. The maximum Gasteiger partial charge on any atom is 0.326 e. The molecule has 2 aromatic carbocycles. The molecule has 0 saturated heterocycles. The number of carbonyl (C=O) groups is 2. The smallest absolute Gasteiger partial charge is 0.326 e. The van der Waals surface area contributed by atoms with E-state index in [0.717, 1.165) is 4.70 Å². The fourth-order valence-corrected chi connectivity index (χ4v) is 4.03. The highest BCUT2D eigenvalue weighted by molar-refractivity contribution is 7.16. The fraction of sp³-hybridized carbons (Fsp3) is 0.227. The minimum absolute atomic E-state index is 0.0724. The van der Waals surface area contributed by atoms with Gasteiger partial charge in [0.2, 0.25) is 0 Å². The highest BCUT2D eigenvalue weighted by atomic mass is 32.1. The number of benzene rings is 2. The molecule has 0 atom stereocenters. The zero-order chi connectivity index (χ0) is 23.1. The summed E-state index contributed by atoms with van der Waals surface area (Å²) < 4.78 is 13.2. The van der Waals surface area contributed by atoms with Crippen molar-refractivity contribution in [1.82, 2.24) is 4.57 Å². The van der Waals surface area contributed by atoms with Crippen molar-refractivity contribution in [3.8, 4) is 5.75 Å². The molecule has 0 N–H and O–H groups in total. The van der Waals surface area contributed by atoms with Gasteiger partial charge in [-0.3, -0.25) is 19.7 Å². The Morgan fingerprint density at radius 2 is 1.97 bits per heavy atom. The Morgan fingerprint density at radius 3 is 2.69 bits per heavy atom. The first-order valence-electron chi connectivity index (χ1n) is 9.85. The van der Waals surface area contributed by atoms with Gasteiger partial charge in [0.05, 0.1) is 22.8 Å². The lowest BCUT2D eigenvalue weighted by molar-refractivity contribution is -0.384. The summed E-state index contributed by atoms with van der Waals surface area (Å²) in [6.07, 6.45) is 2.68. The molecule has 9 nitrogen and oxygen atoms in total. The molecule has 0 aliphatic carbocycles. The van der Waals surface area contributed by atoms with Gasteiger partial charge in [-0.25, -0.2) is 0 Å². The lowest BCUT2D eigenvalue weighted by atomic mass is 10.2. The van der Waals surface area contributed by atoms with Crippen molar-refractivity contribution in [1.29, 1.82) is 0 Å². The first-order chi connectivity index (χ1) is 15.4. The third-order valence-corrected chi connectivity index (χ3v) is 5.31. The molecule has 1 heterocycles. The fourth-order valence-electron chi connectivity index (χ4n) is 2.98. The van der Waals surface area contributed by atoms with Gasteiger partial charge in [0.15, 0.2) is 4.80 Å². The summed E-state index contributed by atoms with van der Waals surface area (Å²) in [4.78, 5) is 39.6. The van der Waals surface area contributed by atoms with E-state index in [1.807, 2.05) is 19.1 Å². The molecule has 1 aromatic heterocycles. The maximum absolute atomic E-state index is 12.5. The highest BCUT2D eigenvalue weighted by Crippen LogP contribution is 2.27. The van der Waals surface area contributed by atoms with Gasteiger partial charge in [0, 0.05) is 18.2 Å². The Balaban J connectivity index is 2.01. The van der Waals surface area contributed by atoms with Crippen LogP contribution >= 0.6 is 11.3 Å². The number of nitro benzene ring substituents is 1. The van der Waals surface area contributed by atoms with E-state index < -0.39 is 16.8 Å². The van der Waals surface area contributed by atoms with Crippen LogP contribution in [0.5, 0.6) is 5.75 Å². The standard InChI is InChI=1S/C22H21N3O6S/c1-3-30-17-9-6-10-18-21(17)24(14-20(27)31-4-2)22(32-18)23-19(26)12-11-15-7-5-8-16(13-15)25(28)29/h5-13H,3-4,14H2,1-2H3/b12-11+,23-22?. The molecule has 166 valence electrons.